The second-order valence-corrected chi connectivity index (χ2v) is 3.47. The number of guanidine groups is 1. The molecule has 0 amide bonds. The summed E-state index contributed by atoms with van der Waals surface area (Å²) < 4.78 is 5.10. The first-order valence-electron chi connectivity index (χ1n) is 4.86. The van der Waals surface area contributed by atoms with E-state index in [-0.39, 0.29) is 6.04 Å². The van der Waals surface area contributed by atoms with Gasteiger partial charge in [-0.15, -0.1) is 0 Å². The largest absolute Gasteiger partial charge is 0.497 e. The first-order chi connectivity index (χ1) is 7.11. The quantitative estimate of drug-likeness (QED) is 0.587. The lowest BCUT2D eigenvalue weighted by Gasteiger charge is -2.08. The van der Waals surface area contributed by atoms with Gasteiger partial charge in [0.1, 0.15) is 5.75 Å². The fourth-order valence-electron chi connectivity index (χ4n) is 1.16. The zero-order chi connectivity index (χ0) is 11.3. The van der Waals surface area contributed by atoms with Crippen LogP contribution in [0.15, 0.2) is 29.3 Å². The smallest absolute Gasteiger partial charge is 0.193 e. The average molecular weight is 207 g/mol. The second-order valence-electron chi connectivity index (χ2n) is 3.47. The summed E-state index contributed by atoms with van der Waals surface area (Å²) >= 11 is 0. The summed E-state index contributed by atoms with van der Waals surface area (Å²) in [4.78, 5) is 4.17. The predicted molar refractivity (Wildman–Crippen MR) is 63.4 cm³/mol. The summed E-state index contributed by atoms with van der Waals surface area (Å²) in [6, 6.07) is 7.72. The highest BCUT2D eigenvalue weighted by Crippen LogP contribution is 2.16. The number of methoxy groups -OCH3 is 1. The van der Waals surface area contributed by atoms with E-state index in [1.807, 2.05) is 38.1 Å². The maximum Gasteiger partial charge on any atom is 0.193 e. The molecule has 0 aliphatic heterocycles. The molecule has 0 aromatic heterocycles. The van der Waals surface area contributed by atoms with Gasteiger partial charge in [-0.3, -0.25) is 4.99 Å². The van der Waals surface area contributed by atoms with Gasteiger partial charge in [-0.25, -0.2) is 0 Å². The molecule has 4 heteroatoms. The van der Waals surface area contributed by atoms with E-state index in [2.05, 4.69) is 10.3 Å². The molecule has 15 heavy (non-hydrogen) atoms. The van der Waals surface area contributed by atoms with Crippen molar-refractivity contribution >= 4 is 11.6 Å². The van der Waals surface area contributed by atoms with Crippen molar-refractivity contribution in [3.63, 3.8) is 0 Å². The standard InChI is InChI=1S/C11H17N3O/c1-8(2)13-11(12)14-9-5-4-6-10(7-9)15-3/h4-8H,1-3H3,(H3,12,13,14). The zero-order valence-electron chi connectivity index (χ0n) is 9.32. The number of rotatable bonds is 3. The van der Waals surface area contributed by atoms with Crippen LogP contribution in [0.1, 0.15) is 13.8 Å². The van der Waals surface area contributed by atoms with Crippen LogP contribution in [-0.2, 0) is 0 Å². The van der Waals surface area contributed by atoms with Crippen molar-refractivity contribution in [2.75, 3.05) is 12.4 Å². The molecule has 0 aliphatic rings. The molecule has 1 aromatic carbocycles. The summed E-state index contributed by atoms with van der Waals surface area (Å²) in [5.74, 6) is 1.20. The molecule has 3 N–H and O–H groups in total. The van der Waals surface area contributed by atoms with Crippen molar-refractivity contribution in [2.45, 2.75) is 19.9 Å². The Morgan fingerprint density at radius 2 is 2.20 bits per heavy atom. The van der Waals surface area contributed by atoms with Crippen LogP contribution in [0, 0.1) is 0 Å². The third-order valence-electron chi connectivity index (χ3n) is 1.74. The molecule has 82 valence electrons. The Kier molecular flexibility index (Phi) is 3.97. The molecule has 0 unspecified atom stereocenters. The first-order valence-corrected chi connectivity index (χ1v) is 4.86. The molecule has 1 aromatic rings. The first kappa shape index (κ1) is 11.4. The molecule has 0 aliphatic carbocycles. The summed E-state index contributed by atoms with van der Waals surface area (Å²) in [6.07, 6.45) is 0. The number of nitrogens with two attached hydrogens (primary N) is 1. The minimum absolute atomic E-state index is 0.183. The number of ether oxygens (including phenoxy) is 1. The summed E-state index contributed by atoms with van der Waals surface area (Å²) in [6.45, 7) is 3.94. The predicted octanol–water partition coefficient (Wildman–Crippen LogP) is 1.83. The number of benzene rings is 1. The Hall–Kier alpha value is -1.71. The number of hydrogen-bond acceptors (Lipinski definition) is 2. The highest BCUT2D eigenvalue weighted by Gasteiger charge is 1.97. The minimum atomic E-state index is 0.183. The van der Waals surface area contributed by atoms with Crippen molar-refractivity contribution in [3.8, 4) is 5.75 Å². The van der Waals surface area contributed by atoms with Gasteiger partial charge >= 0.3 is 0 Å². The summed E-state index contributed by atoms with van der Waals surface area (Å²) in [5.41, 5.74) is 6.57. The molecule has 0 heterocycles. The monoisotopic (exact) mass is 207 g/mol. The minimum Gasteiger partial charge on any atom is -0.497 e. The number of anilines is 1. The fourth-order valence-corrected chi connectivity index (χ4v) is 1.16. The van der Waals surface area contributed by atoms with Gasteiger partial charge in [0.05, 0.1) is 7.11 Å². The Labute approximate surface area is 90.2 Å². The molecule has 0 atom stereocenters. The highest BCUT2D eigenvalue weighted by molar-refractivity contribution is 5.92. The molecule has 0 saturated heterocycles. The van der Waals surface area contributed by atoms with Crippen molar-refractivity contribution in [1.29, 1.82) is 0 Å². The lowest BCUT2D eigenvalue weighted by molar-refractivity contribution is 0.415. The number of nitrogens with zero attached hydrogens (tertiary/aromatic N) is 1. The number of aliphatic imine (C=N–C) groups is 1. The van der Waals surface area contributed by atoms with Crippen LogP contribution in [0.3, 0.4) is 0 Å². The lowest BCUT2D eigenvalue weighted by atomic mass is 10.3. The van der Waals surface area contributed by atoms with Crippen LogP contribution in [0.25, 0.3) is 0 Å². The third kappa shape index (κ3) is 3.89. The SMILES string of the molecule is COc1cccc(NC(N)=NC(C)C)c1. The van der Waals surface area contributed by atoms with Crippen LogP contribution >= 0.6 is 0 Å². The van der Waals surface area contributed by atoms with Gasteiger partial charge in [0.2, 0.25) is 0 Å². The Morgan fingerprint density at radius 1 is 1.47 bits per heavy atom. The van der Waals surface area contributed by atoms with Gasteiger partial charge in [-0.1, -0.05) is 6.07 Å². The van der Waals surface area contributed by atoms with E-state index in [4.69, 9.17) is 10.5 Å². The molecule has 0 radical (unpaired) electrons. The number of hydrogen-bond donors (Lipinski definition) is 2. The van der Waals surface area contributed by atoms with E-state index in [1.165, 1.54) is 0 Å². The summed E-state index contributed by atoms with van der Waals surface area (Å²) in [7, 11) is 1.63. The number of nitrogens with one attached hydrogen (secondary N) is 1. The fraction of sp³-hybridized carbons (Fsp3) is 0.364. The molecule has 0 bridgehead atoms. The van der Waals surface area contributed by atoms with E-state index in [9.17, 15) is 0 Å². The van der Waals surface area contributed by atoms with Gasteiger partial charge in [-0.05, 0) is 26.0 Å². The highest BCUT2D eigenvalue weighted by atomic mass is 16.5. The van der Waals surface area contributed by atoms with Crippen molar-refractivity contribution in [2.24, 2.45) is 10.7 Å². The van der Waals surface area contributed by atoms with Gasteiger partial charge in [-0.2, -0.15) is 0 Å². The Bertz CT molecular complexity index is 347. The van der Waals surface area contributed by atoms with Crippen LogP contribution in [0.5, 0.6) is 5.75 Å². The van der Waals surface area contributed by atoms with Gasteiger partial charge in [0.25, 0.3) is 0 Å². The normalized spacial score (nSPS) is 11.6. The van der Waals surface area contributed by atoms with E-state index in [0.717, 1.165) is 11.4 Å². The van der Waals surface area contributed by atoms with E-state index >= 15 is 0 Å². The van der Waals surface area contributed by atoms with Crippen LogP contribution in [0.4, 0.5) is 5.69 Å². The third-order valence-corrected chi connectivity index (χ3v) is 1.74. The van der Waals surface area contributed by atoms with E-state index in [0.29, 0.717) is 5.96 Å². The molecular weight excluding hydrogens is 190 g/mol. The lowest BCUT2D eigenvalue weighted by Crippen LogP contribution is -2.23. The molecule has 4 nitrogen and oxygen atoms in total. The molecule has 0 spiro atoms. The van der Waals surface area contributed by atoms with Gasteiger partial charge in [0, 0.05) is 17.8 Å². The van der Waals surface area contributed by atoms with Gasteiger partial charge < -0.3 is 15.8 Å². The second kappa shape index (κ2) is 5.24. The maximum absolute atomic E-state index is 5.70. The molecule has 0 saturated carbocycles. The molecule has 0 fully saturated rings. The molecule has 1 rings (SSSR count). The van der Waals surface area contributed by atoms with Crippen molar-refractivity contribution < 1.29 is 4.74 Å². The van der Waals surface area contributed by atoms with Crippen LogP contribution in [0.2, 0.25) is 0 Å². The van der Waals surface area contributed by atoms with Crippen molar-refractivity contribution in [3.05, 3.63) is 24.3 Å². The Balaban J connectivity index is 2.72. The average Bonchev–Trinajstić information content (AvgIpc) is 2.16. The van der Waals surface area contributed by atoms with Crippen molar-refractivity contribution in [1.82, 2.24) is 0 Å². The zero-order valence-corrected chi connectivity index (χ0v) is 9.32. The van der Waals surface area contributed by atoms with Crippen LogP contribution in [-0.4, -0.2) is 19.1 Å². The maximum atomic E-state index is 5.70. The Morgan fingerprint density at radius 3 is 2.80 bits per heavy atom. The van der Waals surface area contributed by atoms with Gasteiger partial charge in [0.15, 0.2) is 5.96 Å². The van der Waals surface area contributed by atoms with Crippen LogP contribution < -0.4 is 15.8 Å². The van der Waals surface area contributed by atoms with E-state index in [1.54, 1.807) is 7.11 Å². The molecular formula is C11H17N3O. The summed E-state index contributed by atoms with van der Waals surface area (Å²) in [5, 5.41) is 3.00. The topological polar surface area (TPSA) is 59.6 Å². The van der Waals surface area contributed by atoms with E-state index < -0.39 is 0 Å².